The highest BCUT2D eigenvalue weighted by Gasteiger charge is 2.38. The number of halogens is 3. The normalized spacial score (nSPS) is 14.4. The van der Waals surface area contributed by atoms with E-state index in [0.717, 1.165) is 16.7 Å². The van der Waals surface area contributed by atoms with Crippen molar-refractivity contribution in [3.63, 3.8) is 0 Å². The van der Waals surface area contributed by atoms with Crippen molar-refractivity contribution in [2.75, 3.05) is 5.32 Å². The predicted molar refractivity (Wildman–Crippen MR) is 144 cm³/mol. The Hall–Kier alpha value is -4.65. The molecule has 13 heteroatoms. The average molecular weight is 589 g/mol. The standard InChI is InChI=1S/C26H22N2O5S.C2HF3O2/c1-14-12-18(16(3)27-20-10-7-11-21-22(20)26(30)28-34(21,31)32)25-19(13-14)23(29)15(2)24(33-25)17-8-5-4-6-9-17;3-2(4,5)1(6)7/h4-13,16,27H,1-3H3,(H,28,30);(H,6,7). The quantitative estimate of drug-likeness (QED) is 0.291. The van der Waals surface area contributed by atoms with Crippen molar-refractivity contribution in [1.82, 2.24) is 4.72 Å². The summed E-state index contributed by atoms with van der Waals surface area (Å²) in [5.41, 5.74) is 3.74. The maximum Gasteiger partial charge on any atom is 0.490 e. The van der Waals surface area contributed by atoms with Crippen molar-refractivity contribution in [3.8, 4) is 11.3 Å². The van der Waals surface area contributed by atoms with Crippen LogP contribution in [-0.4, -0.2) is 31.6 Å². The van der Waals surface area contributed by atoms with Gasteiger partial charge in [0.05, 0.1) is 17.0 Å². The van der Waals surface area contributed by atoms with E-state index in [-0.39, 0.29) is 15.9 Å². The molecule has 0 radical (unpaired) electrons. The first kappa shape index (κ1) is 29.3. The molecule has 3 aromatic carbocycles. The third-order valence-electron chi connectivity index (χ3n) is 6.28. The SMILES string of the molecule is Cc1cc(C(C)Nc2cccc3c2C(=O)NS3(=O)=O)c2oc(-c3ccccc3)c(C)c(=O)c2c1.O=C(O)C(F)(F)F. The molecule has 0 saturated carbocycles. The molecule has 0 aliphatic carbocycles. The number of carboxylic acid groups (broad SMARTS) is 1. The Morgan fingerprint density at radius 2 is 1.66 bits per heavy atom. The van der Waals surface area contributed by atoms with Gasteiger partial charge >= 0.3 is 12.1 Å². The molecule has 1 aliphatic rings. The Morgan fingerprint density at radius 3 is 2.27 bits per heavy atom. The Bertz CT molecular complexity index is 1850. The van der Waals surface area contributed by atoms with E-state index in [0.29, 0.717) is 28.0 Å². The Kier molecular flexibility index (Phi) is 7.68. The number of hydrogen-bond donors (Lipinski definition) is 3. The van der Waals surface area contributed by atoms with Gasteiger partial charge in [-0.25, -0.2) is 17.9 Å². The van der Waals surface area contributed by atoms with Gasteiger partial charge in [-0.2, -0.15) is 13.2 Å². The van der Waals surface area contributed by atoms with Crippen LogP contribution in [0.2, 0.25) is 0 Å². The molecule has 2 heterocycles. The molecule has 0 bridgehead atoms. The van der Waals surface area contributed by atoms with E-state index in [1.807, 2.05) is 55.0 Å². The Balaban J connectivity index is 0.000000493. The van der Waals surface area contributed by atoms with E-state index < -0.39 is 34.1 Å². The number of amides is 1. The van der Waals surface area contributed by atoms with E-state index in [1.165, 1.54) is 6.07 Å². The Labute approximate surface area is 231 Å². The molecule has 41 heavy (non-hydrogen) atoms. The van der Waals surface area contributed by atoms with Crippen molar-refractivity contribution >= 4 is 38.6 Å². The largest absolute Gasteiger partial charge is 0.490 e. The van der Waals surface area contributed by atoms with Crippen molar-refractivity contribution in [2.24, 2.45) is 0 Å². The summed E-state index contributed by atoms with van der Waals surface area (Å²) in [5, 5.41) is 10.8. The van der Waals surface area contributed by atoms with Gasteiger partial charge in [-0.05, 0) is 44.5 Å². The maximum atomic E-state index is 13.3. The first-order valence-corrected chi connectivity index (χ1v) is 13.5. The number of hydrogen-bond acceptors (Lipinski definition) is 7. The molecule has 0 saturated heterocycles. The smallest absolute Gasteiger partial charge is 0.475 e. The monoisotopic (exact) mass is 588 g/mol. The van der Waals surface area contributed by atoms with E-state index >= 15 is 0 Å². The number of anilines is 1. The highest BCUT2D eigenvalue weighted by molar-refractivity contribution is 7.90. The van der Waals surface area contributed by atoms with Crippen molar-refractivity contribution in [1.29, 1.82) is 0 Å². The summed E-state index contributed by atoms with van der Waals surface area (Å²) in [4.78, 5) is 34.5. The molecule has 1 aliphatic heterocycles. The van der Waals surface area contributed by atoms with Gasteiger partial charge in [0.2, 0.25) is 0 Å². The third kappa shape index (κ3) is 5.80. The summed E-state index contributed by atoms with van der Waals surface area (Å²) in [5.74, 6) is -2.93. The second-order valence-electron chi connectivity index (χ2n) is 9.26. The van der Waals surface area contributed by atoms with E-state index in [1.54, 1.807) is 25.1 Å². The number of aryl methyl sites for hydroxylation is 1. The van der Waals surface area contributed by atoms with Gasteiger partial charge in [0.25, 0.3) is 15.9 Å². The molecule has 0 spiro atoms. The summed E-state index contributed by atoms with van der Waals surface area (Å²) in [6, 6.07) is 17.4. The zero-order valence-electron chi connectivity index (χ0n) is 21.8. The number of rotatable bonds is 4. The van der Waals surface area contributed by atoms with E-state index in [4.69, 9.17) is 14.3 Å². The molecule has 4 aromatic rings. The van der Waals surface area contributed by atoms with Crippen LogP contribution in [0.5, 0.6) is 0 Å². The number of alkyl halides is 3. The number of fused-ring (bicyclic) bond motifs is 2. The van der Waals surface area contributed by atoms with Crippen LogP contribution in [0.4, 0.5) is 18.9 Å². The number of sulfonamides is 1. The zero-order valence-corrected chi connectivity index (χ0v) is 22.6. The highest BCUT2D eigenvalue weighted by atomic mass is 32.2. The van der Waals surface area contributed by atoms with E-state index in [9.17, 15) is 31.2 Å². The van der Waals surface area contributed by atoms with Crippen molar-refractivity contribution < 1.29 is 40.7 Å². The van der Waals surface area contributed by atoms with Crippen molar-refractivity contribution in [3.05, 3.63) is 93.1 Å². The number of aliphatic carboxylic acids is 1. The lowest BCUT2D eigenvalue weighted by molar-refractivity contribution is -0.192. The second-order valence-corrected chi connectivity index (χ2v) is 10.9. The first-order chi connectivity index (χ1) is 19.1. The van der Waals surface area contributed by atoms with Crippen LogP contribution < -0.4 is 15.5 Å². The van der Waals surface area contributed by atoms with E-state index in [2.05, 4.69) is 5.32 Å². The van der Waals surface area contributed by atoms with Gasteiger partial charge in [0.15, 0.2) is 5.43 Å². The van der Waals surface area contributed by atoms with Gasteiger partial charge < -0.3 is 14.8 Å². The van der Waals surface area contributed by atoms with Crippen LogP contribution in [0, 0.1) is 13.8 Å². The Morgan fingerprint density at radius 1 is 1.02 bits per heavy atom. The van der Waals surface area contributed by atoms with Gasteiger partial charge in [0, 0.05) is 22.4 Å². The molecular weight excluding hydrogens is 565 g/mol. The average Bonchev–Trinajstić information content (AvgIpc) is 3.14. The number of carbonyl (C=O) groups excluding carboxylic acids is 1. The predicted octanol–water partition coefficient (Wildman–Crippen LogP) is 5.32. The van der Waals surface area contributed by atoms with Gasteiger partial charge in [-0.3, -0.25) is 9.59 Å². The fourth-order valence-corrected chi connectivity index (χ4v) is 5.59. The summed E-state index contributed by atoms with van der Waals surface area (Å²) in [6.07, 6.45) is -5.08. The molecule has 1 amide bonds. The summed E-state index contributed by atoms with van der Waals surface area (Å²) >= 11 is 0. The molecule has 1 unspecified atom stereocenters. The molecule has 0 fully saturated rings. The number of carbonyl (C=O) groups is 2. The first-order valence-electron chi connectivity index (χ1n) is 12.0. The summed E-state index contributed by atoms with van der Waals surface area (Å²) in [7, 11) is -3.87. The van der Waals surface area contributed by atoms with Crippen LogP contribution in [0.1, 0.15) is 40.0 Å². The fraction of sp³-hybridized carbons (Fsp3) is 0.179. The van der Waals surface area contributed by atoms with Crippen LogP contribution >= 0.6 is 0 Å². The van der Waals surface area contributed by atoms with Gasteiger partial charge in [-0.1, -0.05) is 42.5 Å². The van der Waals surface area contributed by atoms with Crippen molar-refractivity contribution in [2.45, 2.75) is 37.9 Å². The maximum absolute atomic E-state index is 13.3. The lowest BCUT2D eigenvalue weighted by Crippen LogP contribution is -2.21. The summed E-state index contributed by atoms with van der Waals surface area (Å²) in [6.45, 7) is 5.52. The number of benzene rings is 3. The summed E-state index contributed by atoms with van der Waals surface area (Å²) < 4.78 is 64.5. The fourth-order valence-electron chi connectivity index (χ4n) is 4.40. The molecule has 1 aromatic heterocycles. The third-order valence-corrected chi connectivity index (χ3v) is 7.65. The zero-order chi connectivity index (χ0) is 30.3. The lowest BCUT2D eigenvalue weighted by atomic mass is 9.98. The minimum Gasteiger partial charge on any atom is -0.475 e. The molecular formula is C28H23F3N2O7S. The van der Waals surface area contributed by atoms with Crippen LogP contribution in [-0.2, 0) is 14.8 Å². The second kappa shape index (κ2) is 10.7. The number of nitrogens with one attached hydrogen (secondary N) is 2. The number of carboxylic acids is 1. The van der Waals surface area contributed by atoms with Gasteiger partial charge in [-0.15, -0.1) is 0 Å². The molecule has 5 rings (SSSR count). The molecule has 3 N–H and O–H groups in total. The molecule has 9 nitrogen and oxygen atoms in total. The van der Waals surface area contributed by atoms with Crippen LogP contribution in [0.25, 0.3) is 22.3 Å². The molecule has 214 valence electrons. The molecule has 1 atom stereocenters. The van der Waals surface area contributed by atoms with Gasteiger partial charge in [0.1, 0.15) is 16.2 Å². The lowest BCUT2D eigenvalue weighted by Gasteiger charge is -2.20. The minimum absolute atomic E-state index is 0.0580. The van der Waals surface area contributed by atoms with Crippen LogP contribution in [0.3, 0.4) is 0 Å². The topological polar surface area (TPSA) is 143 Å². The minimum atomic E-state index is -5.08. The highest BCUT2D eigenvalue weighted by Crippen LogP contribution is 2.35. The van der Waals surface area contributed by atoms with Crippen LogP contribution in [0.15, 0.2) is 74.8 Å².